The van der Waals surface area contributed by atoms with Crippen LogP contribution in [0.3, 0.4) is 0 Å². The number of aryl methyl sites for hydroxylation is 1. The number of hydrogen-bond donors (Lipinski definition) is 1. The van der Waals surface area contributed by atoms with E-state index in [0.29, 0.717) is 12.2 Å². The van der Waals surface area contributed by atoms with Crippen LogP contribution in [0, 0.1) is 0 Å². The number of benzene rings is 1. The summed E-state index contributed by atoms with van der Waals surface area (Å²) in [5.74, 6) is -0.167. The van der Waals surface area contributed by atoms with Gasteiger partial charge >= 0.3 is 0 Å². The van der Waals surface area contributed by atoms with E-state index in [2.05, 4.69) is 20.4 Å². The first kappa shape index (κ1) is 17.6. The summed E-state index contributed by atoms with van der Waals surface area (Å²) in [5, 5.41) is 7.41. The lowest BCUT2D eigenvalue weighted by Gasteiger charge is -2.07. The van der Waals surface area contributed by atoms with Gasteiger partial charge in [0.15, 0.2) is 0 Å². The van der Waals surface area contributed by atoms with Gasteiger partial charge in [-0.1, -0.05) is 30.3 Å². The first-order valence-electron chi connectivity index (χ1n) is 8.94. The van der Waals surface area contributed by atoms with Gasteiger partial charge in [0, 0.05) is 43.3 Å². The molecule has 1 amide bonds. The molecule has 0 bridgehead atoms. The molecular formula is C22H19N5O. The molecule has 0 saturated heterocycles. The van der Waals surface area contributed by atoms with Gasteiger partial charge in [0.05, 0.1) is 11.4 Å². The van der Waals surface area contributed by atoms with Crippen LogP contribution in [0.4, 0.5) is 0 Å². The Morgan fingerprint density at radius 1 is 0.929 bits per heavy atom. The molecular weight excluding hydrogens is 350 g/mol. The zero-order valence-corrected chi connectivity index (χ0v) is 15.4. The average molecular weight is 369 g/mol. The van der Waals surface area contributed by atoms with Crippen LogP contribution >= 0.6 is 0 Å². The van der Waals surface area contributed by atoms with Gasteiger partial charge in [0.2, 0.25) is 0 Å². The van der Waals surface area contributed by atoms with Crippen molar-refractivity contribution in [3.63, 3.8) is 0 Å². The summed E-state index contributed by atoms with van der Waals surface area (Å²) < 4.78 is 1.60. The van der Waals surface area contributed by atoms with Gasteiger partial charge in [-0.2, -0.15) is 5.10 Å². The zero-order valence-electron chi connectivity index (χ0n) is 15.4. The molecule has 4 aromatic rings. The summed E-state index contributed by atoms with van der Waals surface area (Å²) in [7, 11) is 1.77. The van der Waals surface area contributed by atoms with Gasteiger partial charge in [0.25, 0.3) is 5.91 Å². The van der Waals surface area contributed by atoms with Gasteiger partial charge in [-0.05, 0) is 35.9 Å². The maximum Gasteiger partial charge on any atom is 0.269 e. The van der Waals surface area contributed by atoms with E-state index >= 15 is 0 Å². The highest BCUT2D eigenvalue weighted by Gasteiger charge is 2.14. The summed E-state index contributed by atoms with van der Waals surface area (Å²) >= 11 is 0. The predicted molar refractivity (Wildman–Crippen MR) is 107 cm³/mol. The molecule has 0 saturated carbocycles. The normalized spacial score (nSPS) is 10.6. The highest BCUT2D eigenvalue weighted by Crippen LogP contribution is 2.19. The number of carbonyl (C=O) groups excluding carboxylic acids is 1. The third-order valence-electron chi connectivity index (χ3n) is 4.44. The number of nitrogens with zero attached hydrogens (tertiary/aromatic N) is 4. The van der Waals surface area contributed by atoms with Crippen molar-refractivity contribution in [2.45, 2.75) is 6.54 Å². The minimum atomic E-state index is -0.167. The average Bonchev–Trinajstić information content (AvgIpc) is 3.15. The first-order chi connectivity index (χ1) is 13.7. The van der Waals surface area contributed by atoms with Crippen molar-refractivity contribution >= 4 is 5.91 Å². The summed E-state index contributed by atoms with van der Waals surface area (Å²) in [6.45, 7) is 0.408. The fourth-order valence-electron chi connectivity index (χ4n) is 2.97. The van der Waals surface area contributed by atoms with Crippen LogP contribution in [0.15, 0.2) is 79.3 Å². The molecule has 0 atom stereocenters. The maximum atomic E-state index is 12.6. The number of amides is 1. The maximum absolute atomic E-state index is 12.6. The Morgan fingerprint density at radius 2 is 1.68 bits per heavy atom. The SMILES string of the molecule is Cn1nc(-c2ccccc2)cc1C(=O)NCc1ccnc(-c2ccncc2)c1. The quantitative estimate of drug-likeness (QED) is 0.585. The summed E-state index contributed by atoms with van der Waals surface area (Å²) in [6, 6.07) is 19.3. The lowest BCUT2D eigenvalue weighted by atomic mass is 10.1. The van der Waals surface area contributed by atoms with Crippen molar-refractivity contribution in [2.24, 2.45) is 7.05 Å². The van der Waals surface area contributed by atoms with Crippen molar-refractivity contribution in [3.8, 4) is 22.5 Å². The molecule has 0 radical (unpaired) electrons. The molecule has 0 aliphatic rings. The number of aromatic nitrogens is 4. The lowest BCUT2D eigenvalue weighted by Crippen LogP contribution is -2.25. The number of rotatable bonds is 5. The van der Waals surface area contributed by atoms with Crippen molar-refractivity contribution in [1.82, 2.24) is 25.1 Å². The van der Waals surface area contributed by atoms with Crippen LogP contribution in [-0.2, 0) is 13.6 Å². The van der Waals surface area contributed by atoms with Gasteiger partial charge in [-0.3, -0.25) is 19.4 Å². The van der Waals surface area contributed by atoms with E-state index in [-0.39, 0.29) is 5.91 Å². The standard InChI is InChI=1S/C22H19N5O/c1-27-21(14-20(26-27)17-5-3-2-4-6-17)22(28)25-15-16-7-12-24-19(13-16)18-8-10-23-11-9-18/h2-14H,15H2,1H3,(H,25,28). The summed E-state index contributed by atoms with van der Waals surface area (Å²) in [6.07, 6.45) is 5.21. The van der Waals surface area contributed by atoms with Crippen molar-refractivity contribution in [1.29, 1.82) is 0 Å². The van der Waals surface area contributed by atoms with E-state index in [9.17, 15) is 4.79 Å². The van der Waals surface area contributed by atoms with E-state index in [4.69, 9.17) is 0 Å². The van der Waals surface area contributed by atoms with Gasteiger partial charge in [0.1, 0.15) is 5.69 Å². The van der Waals surface area contributed by atoms with E-state index in [1.54, 1.807) is 36.4 Å². The molecule has 28 heavy (non-hydrogen) atoms. The van der Waals surface area contributed by atoms with E-state index < -0.39 is 0 Å². The van der Waals surface area contributed by atoms with Crippen LogP contribution in [-0.4, -0.2) is 25.7 Å². The predicted octanol–water partition coefficient (Wildman–Crippen LogP) is 3.47. The van der Waals surface area contributed by atoms with Gasteiger partial charge < -0.3 is 5.32 Å². The molecule has 3 heterocycles. The number of hydrogen-bond acceptors (Lipinski definition) is 4. The Morgan fingerprint density at radius 3 is 2.46 bits per heavy atom. The topological polar surface area (TPSA) is 72.7 Å². The van der Waals surface area contributed by atoms with Crippen molar-refractivity contribution < 1.29 is 4.79 Å². The van der Waals surface area contributed by atoms with Crippen LogP contribution in [0.5, 0.6) is 0 Å². The fourth-order valence-corrected chi connectivity index (χ4v) is 2.97. The molecule has 0 aliphatic carbocycles. The second kappa shape index (κ2) is 7.84. The Hall–Kier alpha value is -3.80. The zero-order chi connectivity index (χ0) is 19.3. The molecule has 0 aliphatic heterocycles. The monoisotopic (exact) mass is 369 g/mol. The minimum Gasteiger partial charge on any atom is -0.347 e. The first-order valence-corrected chi connectivity index (χ1v) is 8.94. The molecule has 1 aromatic carbocycles. The molecule has 6 heteroatoms. The van der Waals surface area contributed by atoms with E-state index in [1.807, 2.05) is 54.6 Å². The Kier molecular flexibility index (Phi) is 4.93. The van der Waals surface area contributed by atoms with Gasteiger partial charge in [-0.15, -0.1) is 0 Å². The summed E-state index contributed by atoms with van der Waals surface area (Å²) in [5.41, 5.74) is 5.08. The highest BCUT2D eigenvalue weighted by molar-refractivity contribution is 5.93. The van der Waals surface area contributed by atoms with Crippen molar-refractivity contribution in [2.75, 3.05) is 0 Å². The van der Waals surface area contributed by atoms with Crippen LogP contribution < -0.4 is 5.32 Å². The Balaban J connectivity index is 1.47. The van der Waals surface area contributed by atoms with Gasteiger partial charge in [-0.25, -0.2) is 0 Å². The largest absolute Gasteiger partial charge is 0.347 e. The number of carbonyl (C=O) groups is 1. The lowest BCUT2D eigenvalue weighted by molar-refractivity contribution is 0.0941. The van der Waals surface area contributed by atoms with Crippen LogP contribution in [0.1, 0.15) is 16.1 Å². The highest BCUT2D eigenvalue weighted by atomic mass is 16.2. The van der Waals surface area contributed by atoms with Crippen molar-refractivity contribution in [3.05, 3.63) is 90.5 Å². The second-order valence-electron chi connectivity index (χ2n) is 6.37. The molecule has 6 nitrogen and oxygen atoms in total. The Labute approximate surface area is 162 Å². The number of nitrogens with one attached hydrogen (secondary N) is 1. The molecule has 138 valence electrons. The van der Waals surface area contributed by atoms with Crippen LogP contribution in [0.2, 0.25) is 0 Å². The fraction of sp³-hybridized carbons (Fsp3) is 0.0909. The van der Waals surface area contributed by atoms with E-state index in [0.717, 1.165) is 28.1 Å². The summed E-state index contributed by atoms with van der Waals surface area (Å²) in [4.78, 5) is 21.1. The molecule has 4 rings (SSSR count). The molecule has 3 aromatic heterocycles. The third-order valence-corrected chi connectivity index (χ3v) is 4.44. The third kappa shape index (κ3) is 3.81. The Bertz CT molecular complexity index is 1090. The molecule has 1 N–H and O–H groups in total. The minimum absolute atomic E-state index is 0.167. The second-order valence-corrected chi connectivity index (χ2v) is 6.37. The molecule has 0 fully saturated rings. The number of pyridine rings is 2. The van der Waals surface area contributed by atoms with Crippen LogP contribution in [0.25, 0.3) is 22.5 Å². The molecule has 0 unspecified atom stereocenters. The smallest absolute Gasteiger partial charge is 0.269 e. The molecule has 0 spiro atoms. The van der Waals surface area contributed by atoms with E-state index in [1.165, 1.54) is 0 Å².